The van der Waals surface area contributed by atoms with Crippen molar-refractivity contribution in [1.29, 1.82) is 0 Å². The van der Waals surface area contributed by atoms with Crippen LogP contribution >= 0.6 is 0 Å². The first-order valence-corrected chi connectivity index (χ1v) is 6.15. The number of fused-ring (bicyclic) bond motifs is 1. The predicted octanol–water partition coefficient (Wildman–Crippen LogP) is 3.36. The molecule has 1 heterocycles. The lowest BCUT2D eigenvalue weighted by Gasteiger charge is -2.31. The molecule has 0 N–H and O–H groups in total. The lowest BCUT2D eigenvalue weighted by atomic mass is 10.1. The van der Waals surface area contributed by atoms with Crippen LogP contribution in [-0.4, -0.2) is 13.2 Å². The number of hydrogen-bond donors (Lipinski definition) is 0. The van der Waals surface area contributed by atoms with Crippen molar-refractivity contribution in [3.05, 3.63) is 59.7 Å². The summed E-state index contributed by atoms with van der Waals surface area (Å²) in [5.74, 6) is -0.790. The van der Waals surface area contributed by atoms with E-state index >= 15 is 0 Å². The Kier molecular flexibility index (Phi) is 3.07. The summed E-state index contributed by atoms with van der Waals surface area (Å²) in [7, 11) is 0. The molecule has 3 rings (SSSR count). The highest BCUT2D eigenvalue weighted by molar-refractivity contribution is 5.59. The molecule has 0 fully saturated rings. The molecule has 0 bridgehead atoms. The molecule has 0 radical (unpaired) electrons. The molecule has 2 nitrogen and oxygen atoms in total. The van der Waals surface area contributed by atoms with E-state index in [1.54, 1.807) is 6.07 Å². The van der Waals surface area contributed by atoms with E-state index < -0.39 is 11.6 Å². The summed E-state index contributed by atoms with van der Waals surface area (Å²) in [5, 5.41) is 0. The molecule has 4 heteroatoms. The number of halogens is 2. The first-order chi connectivity index (χ1) is 9.24. The SMILES string of the molecule is Fc1ccc(CN2CCOc3ccccc32)cc1F. The molecule has 0 saturated carbocycles. The lowest BCUT2D eigenvalue weighted by molar-refractivity contribution is 0.307. The number of ether oxygens (including phenoxy) is 1. The van der Waals surface area contributed by atoms with Crippen LogP contribution in [0, 0.1) is 11.6 Å². The molecule has 1 aliphatic rings. The van der Waals surface area contributed by atoms with E-state index in [2.05, 4.69) is 4.90 Å². The van der Waals surface area contributed by atoms with Crippen molar-refractivity contribution in [2.24, 2.45) is 0 Å². The van der Waals surface area contributed by atoms with E-state index in [0.717, 1.165) is 29.6 Å². The van der Waals surface area contributed by atoms with E-state index in [4.69, 9.17) is 4.74 Å². The molecule has 0 aliphatic carbocycles. The fraction of sp³-hybridized carbons (Fsp3) is 0.200. The Balaban J connectivity index is 1.86. The number of hydrogen-bond acceptors (Lipinski definition) is 2. The predicted molar refractivity (Wildman–Crippen MR) is 69.3 cm³/mol. The second-order valence-electron chi connectivity index (χ2n) is 4.49. The van der Waals surface area contributed by atoms with Gasteiger partial charge >= 0.3 is 0 Å². The Morgan fingerprint density at radius 1 is 1.05 bits per heavy atom. The largest absolute Gasteiger partial charge is 0.490 e. The fourth-order valence-electron chi connectivity index (χ4n) is 2.25. The molecular weight excluding hydrogens is 248 g/mol. The third-order valence-electron chi connectivity index (χ3n) is 3.18. The zero-order valence-electron chi connectivity index (χ0n) is 10.3. The third-order valence-corrected chi connectivity index (χ3v) is 3.18. The van der Waals surface area contributed by atoms with Gasteiger partial charge in [-0.3, -0.25) is 0 Å². The van der Waals surface area contributed by atoms with Crippen LogP contribution in [0.4, 0.5) is 14.5 Å². The number of rotatable bonds is 2. The van der Waals surface area contributed by atoms with Gasteiger partial charge in [-0.1, -0.05) is 18.2 Å². The van der Waals surface area contributed by atoms with Gasteiger partial charge in [-0.05, 0) is 29.8 Å². The van der Waals surface area contributed by atoms with Crippen LogP contribution in [0.15, 0.2) is 42.5 Å². The minimum absolute atomic E-state index is 0.539. The summed E-state index contributed by atoms with van der Waals surface area (Å²) in [5.41, 5.74) is 1.73. The molecule has 2 aromatic carbocycles. The van der Waals surface area contributed by atoms with Crippen molar-refractivity contribution in [2.45, 2.75) is 6.54 Å². The molecule has 0 aromatic heterocycles. The molecule has 0 unspecified atom stereocenters. The zero-order chi connectivity index (χ0) is 13.2. The van der Waals surface area contributed by atoms with E-state index in [1.165, 1.54) is 6.07 Å². The van der Waals surface area contributed by atoms with Crippen molar-refractivity contribution in [1.82, 2.24) is 0 Å². The monoisotopic (exact) mass is 261 g/mol. The molecule has 0 amide bonds. The van der Waals surface area contributed by atoms with Gasteiger partial charge in [0, 0.05) is 6.54 Å². The minimum atomic E-state index is -0.814. The Morgan fingerprint density at radius 3 is 2.74 bits per heavy atom. The Morgan fingerprint density at radius 2 is 1.89 bits per heavy atom. The average Bonchev–Trinajstić information content (AvgIpc) is 2.43. The minimum Gasteiger partial charge on any atom is -0.490 e. The second kappa shape index (κ2) is 4.88. The quantitative estimate of drug-likeness (QED) is 0.822. The summed E-state index contributed by atoms with van der Waals surface area (Å²) in [6.07, 6.45) is 0. The highest BCUT2D eigenvalue weighted by atomic mass is 19.2. The van der Waals surface area contributed by atoms with E-state index in [1.807, 2.05) is 24.3 Å². The highest BCUT2D eigenvalue weighted by Crippen LogP contribution is 2.31. The van der Waals surface area contributed by atoms with Crippen LogP contribution in [0.25, 0.3) is 0 Å². The smallest absolute Gasteiger partial charge is 0.159 e. The second-order valence-corrected chi connectivity index (χ2v) is 4.49. The van der Waals surface area contributed by atoms with Crippen molar-refractivity contribution in [2.75, 3.05) is 18.1 Å². The molecule has 0 atom stereocenters. The molecule has 0 saturated heterocycles. The van der Waals surface area contributed by atoms with Gasteiger partial charge in [-0.25, -0.2) is 8.78 Å². The standard InChI is InChI=1S/C15H13F2NO/c16-12-6-5-11(9-13(12)17)10-18-7-8-19-15-4-2-1-3-14(15)18/h1-6,9H,7-8,10H2. The van der Waals surface area contributed by atoms with Gasteiger partial charge in [0.15, 0.2) is 11.6 Å². The average molecular weight is 261 g/mol. The van der Waals surface area contributed by atoms with Crippen LogP contribution < -0.4 is 9.64 Å². The maximum atomic E-state index is 13.2. The van der Waals surface area contributed by atoms with Gasteiger partial charge in [0.2, 0.25) is 0 Å². The van der Waals surface area contributed by atoms with E-state index in [-0.39, 0.29) is 0 Å². The summed E-state index contributed by atoms with van der Waals surface area (Å²) in [4.78, 5) is 2.10. The van der Waals surface area contributed by atoms with Gasteiger partial charge in [-0.2, -0.15) is 0 Å². The van der Waals surface area contributed by atoms with E-state index in [0.29, 0.717) is 13.2 Å². The summed E-state index contributed by atoms with van der Waals surface area (Å²) in [6.45, 7) is 1.87. The molecule has 98 valence electrons. The van der Waals surface area contributed by atoms with E-state index in [9.17, 15) is 8.78 Å². The van der Waals surface area contributed by atoms with Crippen molar-refractivity contribution in [3.8, 4) is 5.75 Å². The first kappa shape index (κ1) is 12.0. The number of anilines is 1. The molecule has 19 heavy (non-hydrogen) atoms. The van der Waals surface area contributed by atoms with Crippen LogP contribution in [-0.2, 0) is 6.54 Å². The van der Waals surface area contributed by atoms with Crippen LogP contribution in [0.2, 0.25) is 0 Å². The Bertz CT molecular complexity index is 600. The summed E-state index contributed by atoms with van der Waals surface area (Å²) >= 11 is 0. The van der Waals surface area contributed by atoms with Crippen LogP contribution in [0.3, 0.4) is 0 Å². The highest BCUT2D eigenvalue weighted by Gasteiger charge is 2.17. The fourth-order valence-corrected chi connectivity index (χ4v) is 2.25. The Hall–Kier alpha value is -2.10. The maximum Gasteiger partial charge on any atom is 0.159 e. The molecule has 1 aliphatic heterocycles. The molecule has 0 spiro atoms. The van der Waals surface area contributed by atoms with Gasteiger partial charge in [0.1, 0.15) is 12.4 Å². The van der Waals surface area contributed by atoms with Crippen molar-refractivity contribution >= 4 is 5.69 Å². The lowest BCUT2D eigenvalue weighted by Crippen LogP contribution is -2.32. The maximum absolute atomic E-state index is 13.2. The molecule has 2 aromatic rings. The van der Waals surface area contributed by atoms with Gasteiger partial charge in [0.25, 0.3) is 0 Å². The molecular formula is C15H13F2NO. The first-order valence-electron chi connectivity index (χ1n) is 6.15. The topological polar surface area (TPSA) is 12.5 Å². The van der Waals surface area contributed by atoms with Gasteiger partial charge < -0.3 is 9.64 Å². The summed E-state index contributed by atoms with van der Waals surface area (Å²) < 4.78 is 31.7. The van der Waals surface area contributed by atoms with Gasteiger partial charge in [-0.15, -0.1) is 0 Å². The van der Waals surface area contributed by atoms with Crippen LogP contribution in [0.1, 0.15) is 5.56 Å². The van der Waals surface area contributed by atoms with Crippen LogP contribution in [0.5, 0.6) is 5.75 Å². The Labute approximate surface area is 110 Å². The summed E-state index contributed by atoms with van der Waals surface area (Å²) in [6, 6.07) is 11.7. The number of benzene rings is 2. The third kappa shape index (κ3) is 2.38. The number of nitrogens with zero attached hydrogens (tertiary/aromatic N) is 1. The van der Waals surface area contributed by atoms with Crippen molar-refractivity contribution in [3.63, 3.8) is 0 Å². The van der Waals surface area contributed by atoms with Gasteiger partial charge in [0.05, 0.1) is 12.2 Å². The van der Waals surface area contributed by atoms with Crippen molar-refractivity contribution < 1.29 is 13.5 Å². The number of para-hydroxylation sites is 2. The normalized spacial score (nSPS) is 13.9. The zero-order valence-corrected chi connectivity index (χ0v) is 10.3.